The normalized spacial score (nSPS) is 10.9. The Hall–Kier alpha value is -1.84. The summed E-state index contributed by atoms with van der Waals surface area (Å²) in [6, 6.07) is 6.66. The predicted molar refractivity (Wildman–Crippen MR) is 72.1 cm³/mol. The molecule has 19 heavy (non-hydrogen) atoms. The number of benzene rings is 1. The van der Waals surface area contributed by atoms with Crippen molar-refractivity contribution in [2.24, 2.45) is 5.41 Å². The highest BCUT2D eigenvalue weighted by Crippen LogP contribution is 2.28. The average molecular weight is 264 g/mol. The van der Waals surface area contributed by atoms with Gasteiger partial charge < -0.3 is 9.47 Å². The van der Waals surface area contributed by atoms with Crippen LogP contribution in [0.15, 0.2) is 24.3 Å². The zero-order valence-corrected chi connectivity index (χ0v) is 11.9. The van der Waals surface area contributed by atoms with Crippen LogP contribution < -0.4 is 9.47 Å². The molecule has 0 aliphatic rings. The van der Waals surface area contributed by atoms with Crippen LogP contribution >= 0.6 is 0 Å². The van der Waals surface area contributed by atoms with E-state index in [0.717, 1.165) is 0 Å². The third-order valence-electron chi connectivity index (χ3n) is 2.26. The van der Waals surface area contributed by atoms with Crippen molar-refractivity contribution in [1.82, 2.24) is 0 Å². The summed E-state index contributed by atoms with van der Waals surface area (Å²) in [6.45, 7) is 7.57. The maximum Gasteiger partial charge on any atom is 0.311 e. The van der Waals surface area contributed by atoms with Gasteiger partial charge in [0.1, 0.15) is 0 Å². The van der Waals surface area contributed by atoms with Gasteiger partial charge in [-0.25, -0.2) is 0 Å². The number of hydrogen-bond acceptors (Lipinski definition) is 4. The lowest BCUT2D eigenvalue weighted by Crippen LogP contribution is -2.18. The first-order valence-corrected chi connectivity index (χ1v) is 6.32. The summed E-state index contributed by atoms with van der Waals surface area (Å²) in [5, 5.41) is 0. The van der Waals surface area contributed by atoms with Crippen LogP contribution in [0.3, 0.4) is 0 Å². The molecular weight excluding hydrogens is 244 g/mol. The van der Waals surface area contributed by atoms with Crippen LogP contribution in [0.2, 0.25) is 0 Å². The second kappa shape index (κ2) is 6.36. The number of carbonyl (C=O) groups is 2. The third-order valence-corrected chi connectivity index (χ3v) is 2.26. The summed E-state index contributed by atoms with van der Waals surface area (Å²) in [4.78, 5) is 23.1. The molecule has 0 radical (unpaired) electrons. The molecule has 4 nitrogen and oxygen atoms in total. The highest BCUT2D eigenvalue weighted by molar-refractivity contribution is 5.76. The monoisotopic (exact) mass is 264 g/mol. The van der Waals surface area contributed by atoms with Gasteiger partial charge in [-0.3, -0.25) is 9.59 Å². The zero-order valence-electron chi connectivity index (χ0n) is 11.9. The van der Waals surface area contributed by atoms with E-state index in [1.54, 1.807) is 31.2 Å². The lowest BCUT2D eigenvalue weighted by molar-refractivity contribution is -0.138. The maximum absolute atomic E-state index is 11.8. The summed E-state index contributed by atoms with van der Waals surface area (Å²) in [6.07, 6.45) is 0.563. The first-order valence-electron chi connectivity index (χ1n) is 6.32. The van der Waals surface area contributed by atoms with Gasteiger partial charge in [0.05, 0.1) is 6.42 Å². The Morgan fingerprint density at radius 2 is 1.47 bits per heavy atom. The number of rotatable bonds is 4. The second-order valence-electron chi connectivity index (χ2n) is 5.49. The number of hydrogen-bond donors (Lipinski definition) is 0. The molecule has 104 valence electrons. The van der Waals surface area contributed by atoms with E-state index in [0.29, 0.717) is 6.42 Å². The molecule has 0 amide bonds. The van der Waals surface area contributed by atoms with Gasteiger partial charge in [-0.15, -0.1) is 0 Å². The first-order chi connectivity index (χ1) is 8.81. The molecule has 1 rings (SSSR count). The van der Waals surface area contributed by atoms with Crippen molar-refractivity contribution < 1.29 is 19.1 Å². The summed E-state index contributed by atoms with van der Waals surface area (Å²) in [5.74, 6) is -0.151. The molecule has 0 unspecified atom stereocenters. The summed E-state index contributed by atoms with van der Waals surface area (Å²) >= 11 is 0. The van der Waals surface area contributed by atoms with Crippen molar-refractivity contribution in [1.29, 1.82) is 0 Å². The zero-order chi connectivity index (χ0) is 14.5. The Kier molecular flexibility index (Phi) is 5.10. The highest BCUT2D eigenvalue weighted by atomic mass is 16.6. The van der Waals surface area contributed by atoms with Gasteiger partial charge in [-0.1, -0.05) is 39.8 Å². The molecule has 0 spiro atoms. The molecule has 4 heteroatoms. The predicted octanol–water partition coefficient (Wildman–Crippen LogP) is 3.34. The molecular formula is C15H20O4. The molecule has 0 N–H and O–H groups in total. The van der Waals surface area contributed by atoms with E-state index in [4.69, 9.17) is 9.47 Å². The molecule has 0 aromatic heterocycles. The smallest absolute Gasteiger partial charge is 0.311 e. The SMILES string of the molecule is CCC(=O)Oc1ccccc1OC(=O)CC(C)(C)C. The van der Waals surface area contributed by atoms with E-state index < -0.39 is 0 Å². The first kappa shape index (κ1) is 15.2. The van der Waals surface area contributed by atoms with Gasteiger partial charge in [0.15, 0.2) is 11.5 Å². The van der Waals surface area contributed by atoms with Crippen molar-refractivity contribution in [3.63, 3.8) is 0 Å². The Bertz CT molecular complexity index is 457. The summed E-state index contributed by atoms with van der Waals surface area (Å²) in [5.41, 5.74) is -0.147. The van der Waals surface area contributed by atoms with Gasteiger partial charge in [-0.2, -0.15) is 0 Å². The Balaban J connectivity index is 2.78. The van der Waals surface area contributed by atoms with Crippen LogP contribution in [0.25, 0.3) is 0 Å². The van der Waals surface area contributed by atoms with Crippen molar-refractivity contribution in [2.45, 2.75) is 40.5 Å². The Morgan fingerprint density at radius 3 is 1.89 bits per heavy atom. The quantitative estimate of drug-likeness (QED) is 0.618. The maximum atomic E-state index is 11.8. The molecule has 0 aliphatic carbocycles. The van der Waals surface area contributed by atoms with Gasteiger partial charge in [0.25, 0.3) is 0 Å². The fourth-order valence-corrected chi connectivity index (χ4v) is 1.41. The minimum absolute atomic E-state index is 0.147. The minimum atomic E-state index is -0.362. The Labute approximate surface area is 113 Å². The molecule has 0 aliphatic heterocycles. The standard InChI is InChI=1S/C15H20O4/c1-5-13(16)18-11-8-6-7-9-12(11)19-14(17)10-15(2,3)4/h6-9H,5,10H2,1-4H3. The average Bonchev–Trinajstić information content (AvgIpc) is 2.29. The van der Waals surface area contributed by atoms with E-state index in [-0.39, 0.29) is 35.3 Å². The van der Waals surface area contributed by atoms with Crippen molar-refractivity contribution in [3.05, 3.63) is 24.3 Å². The fraction of sp³-hybridized carbons (Fsp3) is 0.467. The van der Waals surface area contributed by atoms with Crippen LogP contribution in [-0.4, -0.2) is 11.9 Å². The lowest BCUT2D eigenvalue weighted by Gasteiger charge is -2.17. The van der Waals surface area contributed by atoms with E-state index in [9.17, 15) is 9.59 Å². The van der Waals surface area contributed by atoms with E-state index >= 15 is 0 Å². The van der Waals surface area contributed by atoms with Crippen LogP contribution in [0, 0.1) is 5.41 Å². The van der Waals surface area contributed by atoms with Gasteiger partial charge in [0.2, 0.25) is 0 Å². The van der Waals surface area contributed by atoms with Crippen LogP contribution in [0.4, 0.5) is 0 Å². The van der Waals surface area contributed by atoms with Crippen LogP contribution in [0.1, 0.15) is 40.5 Å². The minimum Gasteiger partial charge on any atom is -0.423 e. The molecule has 1 aromatic carbocycles. The van der Waals surface area contributed by atoms with Gasteiger partial charge in [-0.05, 0) is 17.5 Å². The Morgan fingerprint density at radius 1 is 1.00 bits per heavy atom. The molecule has 0 bridgehead atoms. The van der Waals surface area contributed by atoms with Crippen molar-refractivity contribution >= 4 is 11.9 Å². The number of ether oxygens (including phenoxy) is 2. The molecule has 0 heterocycles. The van der Waals surface area contributed by atoms with E-state index in [1.807, 2.05) is 20.8 Å². The summed E-state index contributed by atoms with van der Waals surface area (Å²) in [7, 11) is 0. The molecule has 0 fully saturated rings. The second-order valence-corrected chi connectivity index (χ2v) is 5.49. The van der Waals surface area contributed by atoms with Crippen molar-refractivity contribution in [3.8, 4) is 11.5 Å². The largest absolute Gasteiger partial charge is 0.423 e. The van der Waals surface area contributed by atoms with E-state index in [1.165, 1.54) is 0 Å². The van der Waals surface area contributed by atoms with Gasteiger partial charge in [0, 0.05) is 6.42 Å². The summed E-state index contributed by atoms with van der Waals surface area (Å²) < 4.78 is 10.4. The fourth-order valence-electron chi connectivity index (χ4n) is 1.41. The van der Waals surface area contributed by atoms with Gasteiger partial charge >= 0.3 is 11.9 Å². The number of para-hydroxylation sites is 2. The van der Waals surface area contributed by atoms with Crippen LogP contribution in [0.5, 0.6) is 11.5 Å². The molecule has 0 saturated carbocycles. The van der Waals surface area contributed by atoms with Crippen LogP contribution in [-0.2, 0) is 9.59 Å². The molecule has 0 saturated heterocycles. The highest BCUT2D eigenvalue weighted by Gasteiger charge is 2.19. The lowest BCUT2D eigenvalue weighted by atomic mass is 9.92. The molecule has 1 aromatic rings. The topological polar surface area (TPSA) is 52.6 Å². The number of esters is 2. The molecule has 0 atom stereocenters. The van der Waals surface area contributed by atoms with Crippen molar-refractivity contribution in [2.75, 3.05) is 0 Å². The number of carbonyl (C=O) groups excluding carboxylic acids is 2. The van der Waals surface area contributed by atoms with E-state index in [2.05, 4.69) is 0 Å². The third kappa shape index (κ3) is 5.55.